The molecule has 4 rings (SSSR count). The van der Waals surface area contributed by atoms with Crippen LogP contribution in [0, 0.1) is 0 Å². The molecule has 31 heavy (non-hydrogen) atoms. The molecule has 1 N–H and O–H groups in total. The van der Waals surface area contributed by atoms with Crippen LogP contribution in [0.4, 0.5) is 0 Å². The number of methoxy groups -OCH3 is 1. The third-order valence-corrected chi connectivity index (χ3v) is 5.86. The molecule has 1 aliphatic heterocycles. The maximum atomic E-state index is 13.2. The molecule has 3 aromatic rings. The summed E-state index contributed by atoms with van der Waals surface area (Å²) in [5, 5.41) is 10.5. The number of carbonyl (C=O) groups excluding carboxylic acids is 1. The summed E-state index contributed by atoms with van der Waals surface area (Å²) in [5.74, 6) is 0.336. The Hall–Kier alpha value is -3.51. The second-order valence-electron chi connectivity index (χ2n) is 7.00. The number of hydrogen-bond donors (Lipinski definition) is 1. The first-order chi connectivity index (χ1) is 15.1. The van der Waals surface area contributed by atoms with Crippen molar-refractivity contribution in [2.75, 3.05) is 7.11 Å². The number of nitrogens with zero attached hydrogens (tertiary/aromatic N) is 2. The number of phenols is 1. The lowest BCUT2D eigenvalue weighted by molar-refractivity contribution is -0.122. The molecular weight excluding hydrogens is 408 g/mol. The van der Waals surface area contributed by atoms with Gasteiger partial charge in [-0.2, -0.15) is 0 Å². The van der Waals surface area contributed by atoms with Crippen molar-refractivity contribution in [3.8, 4) is 11.5 Å². The average Bonchev–Trinajstić information content (AvgIpc) is 3.09. The van der Waals surface area contributed by atoms with E-state index >= 15 is 0 Å². The SMILES string of the molecule is COc1cc(/C=C2\SC(=NCc3ccccc3)N(Cc3ccccc3)C2=O)ccc1O. The van der Waals surface area contributed by atoms with Crippen LogP contribution >= 0.6 is 11.8 Å². The Morgan fingerprint density at radius 2 is 1.68 bits per heavy atom. The summed E-state index contributed by atoms with van der Waals surface area (Å²) in [6.07, 6.45) is 1.80. The predicted molar refractivity (Wildman–Crippen MR) is 125 cm³/mol. The van der Waals surface area contributed by atoms with E-state index in [2.05, 4.69) is 0 Å². The molecule has 1 saturated heterocycles. The molecule has 0 bridgehead atoms. The van der Waals surface area contributed by atoms with E-state index in [1.165, 1.54) is 18.9 Å². The first-order valence-electron chi connectivity index (χ1n) is 9.85. The number of aromatic hydroxyl groups is 1. The molecule has 0 radical (unpaired) electrons. The fraction of sp³-hybridized carbons (Fsp3) is 0.120. The Morgan fingerprint density at radius 1 is 1.00 bits per heavy atom. The van der Waals surface area contributed by atoms with Crippen LogP contribution in [0.3, 0.4) is 0 Å². The van der Waals surface area contributed by atoms with Gasteiger partial charge in [0.1, 0.15) is 0 Å². The number of amidine groups is 1. The first kappa shape index (κ1) is 20.8. The van der Waals surface area contributed by atoms with Gasteiger partial charge >= 0.3 is 0 Å². The smallest absolute Gasteiger partial charge is 0.267 e. The summed E-state index contributed by atoms with van der Waals surface area (Å²) < 4.78 is 5.18. The third kappa shape index (κ3) is 4.98. The van der Waals surface area contributed by atoms with Gasteiger partial charge in [0.05, 0.1) is 25.1 Å². The predicted octanol–water partition coefficient (Wildman–Crippen LogP) is 5.07. The lowest BCUT2D eigenvalue weighted by Crippen LogP contribution is -2.28. The molecule has 0 aliphatic carbocycles. The molecule has 1 amide bonds. The zero-order valence-electron chi connectivity index (χ0n) is 17.1. The molecule has 0 unspecified atom stereocenters. The number of hydrogen-bond acceptors (Lipinski definition) is 5. The second kappa shape index (κ2) is 9.53. The van der Waals surface area contributed by atoms with Gasteiger partial charge in [-0.15, -0.1) is 0 Å². The molecule has 5 nitrogen and oxygen atoms in total. The van der Waals surface area contributed by atoms with Crippen LogP contribution in [0.15, 0.2) is 88.8 Å². The van der Waals surface area contributed by atoms with Gasteiger partial charge < -0.3 is 9.84 Å². The zero-order chi connectivity index (χ0) is 21.6. The lowest BCUT2D eigenvalue weighted by atomic mass is 10.1. The number of aliphatic imine (C=N–C) groups is 1. The quantitative estimate of drug-likeness (QED) is 0.555. The number of ether oxygens (including phenoxy) is 1. The van der Waals surface area contributed by atoms with Crippen LogP contribution in [0.5, 0.6) is 11.5 Å². The molecule has 3 aromatic carbocycles. The Balaban J connectivity index is 1.64. The molecule has 6 heteroatoms. The highest BCUT2D eigenvalue weighted by Crippen LogP contribution is 2.35. The minimum Gasteiger partial charge on any atom is -0.504 e. The average molecular weight is 431 g/mol. The Morgan fingerprint density at radius 3 is 2.35 bits per heavy atom. The summed E-state index contributed by atoms with van der Waals surface area (Å²) in [5.41, 5.74) is 2.90. The molecule has 0 aromatic heterocycles. The zero-order valence-corrected chi connectivity index (χ0v) is 17.9. The van der Waals surface area contributed by atoms with Crippen molar-refractivity contribution >= 4 is 28.9 Å². The third-order valence-electron chi connectivity index (χ3n) is 4.81. The van der Waals surface area contributed by atoms with Crippen molar-refractivity contribution in [2.24, 2.45) is 4.99 Å². The summed E-state index contributed by atoms with van der Waals surface area (Å²) in [7, 11) is 1.50. The van der Waals surface area contributed by atoms with Gasteiger partial charge in [-0.25, -0.2) is 0 Å². The number of phenolic OH excluding ortho intramolecular Hbond substituents is 1. The number of benzene rings is 3. The maximum absolute atomic E-state index is 13.2. The lowest BCUT2D eigenvalue weighted by Gasteiger charge is -2.15. The van der Waals surface area contributed by atoms with Crippen LogP contribution in [0.2, 0.25) is 0 Å². The number of amides is 1. The Bertz CT molecular complexity index is 1130. The minimum absolute atomic E-state index is 0.0610. The van der Waals surface area contributed by atoms with E-state index in [1.807, 2.05) is 60.7 Å². The van der Waals surface area contributed by atoms with E-state index < -0.39 is 0 Å². The summed E-state index contributed by atoms with van der Waals surface area (Å²) in [6.45, 7) is 0.957. The highest BCUT2D eigenvalue weighted by Gasteiger charge is 2.33. The standard InChI is InChI=1S/C25H22N2O3S/c1-30-22-14-20(12-13-21(22)28)15-23-24(29)27(17-19-10-6-3-7-11-19)25(31-23)26-16-18-8-4-2-5-9-18/h2-15,28H,16-17H2,1H3/b23-15-,26-25?. The number of carbonyl (C=O) groups is 1. The van der Waals surface area contributed by atoms with Gasteiger partial charge in [-0.05, 0) is 46.7 Å². The summed E-state index contributed by atoms with van der Waals surface area (Å²) >= 11 is 1.36. The largest absolute Gasteiger partial charge is 0.504 e. The van der Waals surface area contributed by atoms with E-state index in [4.69, 9.17) is 9.73 Å². The Labute approximate surface area is 185 Å². The van der Waals surface area contributed by atoms with Crippen molar-refractivity contribution in [1.29, 1.82) is 0 Å². The van der Waals surface area contributed by atoms with Crippen LogP contribution in [-0.4, -0.2) is 28.2 Å². The first-order valence-corrected chi connectivity index (χ1v) is 10.7. The Kier molecular flexibility index (Phi) is 6.38. The van der Waals surface area contributed by atoms with Crippen molar-refractivity contribution in [1.82, 2.24) is 4.90 Å². The molecule has 1 aliphatic rings. The molecule has 156 valence electrons. The van der Waals surface area contributed by atoms with Crippen LogP contribution in [-0.2, 0) is 17.9 Å². The fourth-order valence-corrected chi connectivity index (χ4v) is 4.18. The molecule has 1 fully saturated rings. The second-order valence-corrected chi connectivity index (χ2v) is 8.01. The van der Waals surface area contributed by atoms with Crippen LogP contribution < -0.4 is 4.74 Å². The minimum atomic E-state index is -0.0901. The van der Waals surface area contributed by atoms with Crippen LogP contribution in [0.1, 0.15) is 16.7 Å². The van der Waals surface area contributed by atoms with Gasteiger partial charge in [0.2, 0.25) is 0 Å². The highest BCUT2D eigenvalue weighted by molar-refractivity contribution is 8.18. The number of thioether (sulfide) groups is 1. The molecule has 1 heterocycles. The number of rotatable bonds is 6. The summed E-state index contributed by atoms with van der Waals surface area (Å²) in [4.78, 5) is 20.3. The monoisotopic (exact) mass is 430 g/mol. The summed E-state index contributed by atoms with van der Waals surface area (Å²) in [6, 6.07) is 24.9. The molecule has 0 saturated carbocycles. The van der Waals surface area contributed by atoms with E-state index in [0.29, 0.717) is 28.9 Å². The van der Waals surface area contributed by atoms with Gasteiger partial charge in [0, 0.05) is 0 Å². The van der Waals surface area contributed by atoms with Gasteiger partial charge in [0.15, 0.2) is 16.7 Å². The topological polar surface area (TPSA) is 62.1 Å². The van der Waals surface area contributed by atoms with E-state index in [9.17, 15) is 9.90 Å². The van der Waals surface area contributed by atoms with Crippen molar-refractivity contribution in [3.05, 3.63) is 100 Å². The highest BCUT2D eigenvalue weighted by atomic mass is 32.2. The molecule has 0 atom stereocenters. The van der Waals surface area contributed by atoms with E-state index in [-0.39, 0.29) is 11.7 Å². The fourth-order valence-electron chi connectivity index (χ4n) is 3.21. The van der Waals surface area contributed by atoms with Crippen molar-refractivity contribution in [3.63, 3.8) is 0 Å². The van der Waals surface area contributed by atoms with Crippen molar-refractivity contribution in [2.45, 2.75) is 13.1 Å². The van der Waals surface area contributed by atoms with E-state index in [0.717, 1.165) is 16.7 Å². The maximum Gasteiger partial charge on any atom is 0.267 e. The van der Waals surface area contributed by atoms with Crippen molar-refractivity contribution < 1.29 is 14.6 Å². The molecule has 0 spiro atoms. The van der Waals surface area contributed by atoms with Gasteiger partial charge in [-0.3, -0.25) is 14.7 Å². The van der Waals surface area contributed by atoms with Crippen LogP contribution in [0.25, 0.3) is 6.08 Å². The molecular formula is C25H22N2O3S. The van der Waals surface area contributed by atoms with Gasteiger partial charge in [0.25, 0.3) is 5.91 Å². The van der Waals surface area contributed by atoms with E-state index in [1.54, 1.807) is 29.2 Å². The normalized spacial score (nSPS) is 16.3. The van der Waals surface area contributed by atoms with Gasteiger partial charge in [-0.1, -0.05) is 66.7 Å².